The summed E-state index contributed by atoms with van der Waals surface area (Å²) in [6, 6.07) is 0. The van der Waals surface area contributed by atoms with E-state index in [0.29, 0.717) is 6.42 Å². The Morgan fingerprint density at radius 1 is 1.15 bits per heavy atom. The van der Waals surface area contributed by atoms with Crippen molar-refractivity contribution in [1.29, 1.82) is 0 Å². The van der Waals surface area contributed by atoms with Gasteiger partial charge in [0, 0.05) is 12.3 Å². The second-order valence-corrected chi connectivity index (χ2v) is 7.83. The van der Waals surface area contributed by atoms with Gasteiger partial charge in [0.05, 0.1) is 18.0 Å². The maximum atomic E-state index is 12.2. The van der Waals surface area contributed by atoms with E-state index in [4.69, 9.17) is 5.11 Å². The van der Waals surface area contributed by atoms with Gasteiger partial charge >= 0.3 is 0 Å². The number of rotatable bonds is 14. The van der Waals surface area contributed by atoms with Gasteiger partial charge < -0.3 is 15.3 Å². The molecule has 0 bridgehead atoms. The topological polar surface area (TPSA) is 77.8 Å². The summed E-state index contributed by atoms with van der Waals surface area (Å²) in [7, 11) is 0. The van der Waals surface area contributed by atoms with Crippen molar-refractivity contribution in [2.24, 2.45) is 11.8 Å². The molecule has 150 valence electrons. The highest BCUT2D eigenvalue weighted by Crippen LogP contribution is 2.37. The number of aliphatic hydroxyl groups is 3. The van der Waals surface area contributed by atoms with Gasteiger partial charge in [0.25, 0.3) is 0 Å². The minimum absolute atomic E-state index is 0.0279. The van der Waals surface area contributed by atoms with Gasteiger partial charge in [-0.2, -0.15) is 0 Å². The van der Waals surface area contributed by atoms with Crippen LogP contribution in [-0.4, -0.2) is 32.8 Å². The Morgan fingerprint density at radius 3 is 2.54 bits per heavy atom. The summed E-state index contributed by atoms with van der Waals surface area (Å²) in [5.41, 5.74) is -0.820. The molecular formula is C22H38O4. The summed E-state index contributed by atoms with van der Waals surface area (Å²) in [4.78, 5) is 12.2. The van der Waals surface area contributed by atoms with Crippen LogP contribution in [0.4, 0.5) is 0 Å². The summed E-state index contributed by atoms with van der Waals surface area (Å²) in [5.74, 6) is 0.189. The lowest BCUT2D eigenvalue weighted by Gasteiger charge is -2.26. The number of carbonyl (C=O) groups is 1. The van der Waals surface area contributed by atoms with Crippen LogP contribution in [-0.2, 0) is 4.79 Å². The number of carbonyl (C=O) groups excluding carboxylic acids is 1. The molecule has 1 rings (SSSR count). The first-order chi connectivity index (χ1) is 12.5. The number of aliphatic hydroxyl groups excluding tert-OH is 2. The Hall–Kier alpha value is -1.13. The summed E-state index contributed by atoms with van der Waals surface area (Å²) >= 11 is 0. The van der Waals surface area contributed by atoms with Crippen LogP contribution in [0.2, 0.25) is 0 Å². The van der Waals surface area contributed by atoms with Gasteiger partial charge in [0.2, 0.25) is 0 Å². The summed E-state index contributed by atoms with van der Waals surface area (Å²) < 4.78 is 0. The lowest BCUT2D eigenvalue weighted by atomic mass is 9.83. The van der Waals surface area contributed by atoms with Crippen LogP contribution in [0.15, 0.2) is 25.0 Å². The van der Waals surface area contributed by atoms with Crippen LogP contribution in [0.5, 0.6) is 0 Å². The van der Waals surface area contributed by atoms with E-state index in [2.05, 4.69) is 13.5 Å². The van der Waals surface area contributed by atoms with E-state index in [9.17, 15) is 15.0 Å². The van der Waals surface area contributed by atoms with Crippen molar-refractivity contribution in [3.63, 3.8) is 0 Å². The number of unbranched alkanes of at least 4 members (excludes halogenated alkanes) is 4. The van der Waals surface area contributed by atoms with Gasteiger partial charge in [-0.05, 0) is 50.9 Å². The van der Waals surface area contributed by atoms with E-state index in [1.54, 1.807) is 12.2 Å². The predicted molar refractivity (Wildman–Crippen MR) is 106 cm³/mol. The van der Waals surface area contributed by atoms with Crippen LogP contribution in [0.1, 0.15) is 84.0 Å². The van der Waals surface area contributed by atoms with E-state index in [1.807, 2.05) is 0 Å². The molecule has 1 aliphatic carbocycles. The third-order valence-corrected chi connectivity index (χ3v) is 5.82. The Bertz CT molecular complexity index is 445. The highest BCUT2D eigenvalue weighted by Gasteiger charge is 2.40. The van der Waals surface area contributed by atoms with Crippen molar-refractivity contribution in [2.75, 3.05) is 0 Å². The van der Waals surface area contributed by atoms with Gasteiger partial charge in [-0.25, -0.2) is 0 Å². The Kier molecular flexibility index (Phi) is 10.8. The molecule has 0 aromatic rings. The highest BCUT2D eigenvalue weighted by molar-refractivity contribution is 5.84. The van der Waals surface area contributed by atoms with Gasteiger partial charge in [-0.1, -0.05) is 44.8 Å². The van der Waals surface area contributed by atoms with E-state index in [0.717, 1.165) is 70.5 Å². The monoisotopic (exact) mass is 366 g/mol. The molecule has 0 aliphatic heterocycles. The molecule has 1 fully saturated rings. The van der Waals surface area contributed by atoms with Crippen molar-refractivity contribution in [2.45, 2.75) is 95.7 Å². The Balaban J connectivity index is 2.43. The third-order valence-electron chi connectivity index (χ3n) is 5.82. The molecule has 0 heterocycles. The fourth-order valence-corrected chi connectivity index (χ4v) is 4.12. The minimum Gasteiger partial charge on any atom is -0.516 e. The molecule has 0 aromatic heterocycles. The fraction of sp³-hybridized carbons (Fsp3) is 0.773. The number of hydrogen-bond donors (Lipinski definition) is 3. The largest absolute Gasteiger partial charge is 0.516 e. The number of ketones is 1. The molecule has 4 atom stereocenters. The van der Waals surface area contributed by atoms with Crippen LogP contribution in [0, 0.1) is 11.8 Å². The zero-order valence-corrected chi connectivity index (χ0v) is 16.4. The fourth-order valence-electron chi connectivity index (χ4n) is 4.12. The Labute approximate surface area is 159 Å². The summed E-state index contributed by atoms with van der Waals surface area (Å²) in [5, 5.41) is 29.5. The zero-order chi connectivity index (χ0) is 19.4. The molecule has 0 radical (unpaired) electrons. The molecule has 0 spiro atoms. The third kappa shape index (κ3) is 7.63. The maximum Gasteiger partial charge on any atom is 0.138 e. The quantitative estimate of drug-likeness (QED) is 0.233. The van der Waals surface area contributed by atoms with Gasteiger partial charge in [-0.15, -0.1) is 6.58 Å². The molecular weight excluding hydrogens is 328 g/mol. The first kappa shape index (κ1) is 22.9. The molecule has 1 aliphatic rings. The average Bonchev–Trinajstić information content (AvgIpc) is 2.89. The number of Topliss-reactive ketones (excluding diaryl/α,β-unsaturated/α-hetero) is 1. The maximum absolute atomic E-state index is 12.2. The van der Waals surface area contributed by atoms with Crippen LogP contribution in [0.25, 0.3) is 0 Å². The summed E-state index contributed by atoms with van der Waals surface area (Å²) in [6.07, 6.45) is 13.9. The summed E-state index contributed by atoms with van der Waals surface area (Å²) in [6.45, 7) is 5.88. The zero-order valence-electron chi connectivity index (χ0n) is 16.4. The van der Waals surface area contributed by atoms with Gasteiger partial charge in [-0.3, -0.25) is 4.79 Å². The number of allylic oxidation sites excluding steroid dienone is 1. The van der Waals surface area contributed by atoms with E-state index in [-0.39, 0.29) is 24.0 Å². The molecule has 1 unspecified atom stereocenters. The van der Waals surface area contributed by atoms with E-state index in [1.165, 1.54) is 0 Å². The lowest BCUT2D eigenvalue weighted by Crippen LogP contribution is -2.27. The molecule has 3 N–H and O–H groups in total. The van der Waals surface area contributed by atoms with Crippen molar-refractivity contribution in [3.05, 3.63) is 25.0 Å². The Morgan fingerprint density at radius 2 is 1.88 bits per heavy atom. The highest BCUT2D eigenvalue weighted by atomic mass is 16.3. The van der Waals surface area contributed by atoms with Crippen molar-refractivity contribution in [3.8, 4) is 0 Å². The molecule has 0 amide bonds. The molecule has 4 heteroatoms. The molecule has 1 saturated carbocycles. The van der Waals surface area contributed by atoms with Crippen molar-refractivity contribution >= 4 is 5.78 Å². The van der Waals surface area contributed by atoms with Crippen LogP contribution >= 0.6 is 0 Å². The first-order valence-electron chi connectivity index (χ1n) is 10.3. The van der Waals surface area contributed by atoms with Crippen LogP contribution in [0.3, 0.4) is 0 Å². The lowest BCUT2D eigenvalue weighted by molar-refractivity contribution is -0.121. The SMILES string of the molecule is C=CC(O)(CCCC)CCC[C@H]1[C@H](O)CC(=O)[C@@H]1CCCCCC=CO. The second-order valence-electron chi connectivity index (χ2n) is 7.83. The molecule has 26 heavy (non-hydrogen) atoms. The van der Waals surface area contributed by atoms with Crippen molar-refractivity contribution < 1.29 is 20.1 Å². The van der Waals surface area contributed by atoms with Gasteiger partial charge in [0.1, 0.15) is 5.78 Å². The second kappa shape index (κ2) is 12.3. The molecule has 0 saturated heterocycles. The van der Waals surface area contributed by atoms with E-state index >= 15 is 0 Å². The van der Waals surface area contributed by atoms with E-state index < -0.39 is 11.7 Å². The first-order valence-corrected chi connectivity index (χ1v) is 10.3. The van der Waals surface area contributed by atoms with Crippen molar-refractivity contribution in [1.82, 2.24) is 0 Å². The standard InChI is InChI=1S/C22H38O4/c1-3-5-14-22(26,4-2)15-11-13-19-18(20(24)17-21(19)25)12-9-7-6-8-10-16-23/h4,10,16,18-19,21,23,25-26H,2-3,5-9,11-15,17H2,1H3/t18-,19-,21-,22?/m1/s1. The minimum atomic E-state index is -0.820. The average molecular weight is 367 g/mol. The number of hydrogen-bond acceptors (Lipinski definition) is 4. The molecule has 4 nitrogen and oxygen atoms in total. The smallest absolute Gasteiger partial charge is 0.138 e. The predicted octanol–water partition coefficient (Wildman–Crippen LogP) is 4.85. The van der Waals surface area contributed by atoms with Gasteiger partial charge in [0.15, 0.2) is 0 Å². The van der Waals surface area contributed by atoms with Crippen LogP contribution < -0.4 is 0 Å². The normalized spacial score (nSPS) is 25.7. The molecule has 0 aromatic carbocycles.